The molecule has 4 rings (SSSR count). The van der Waals surface area contributed by atoms with Gasteiger partial charge in [0.15, 0.2) is 11.6 Å². The number of para-hydroxylation sites is 2. The fourth-order valence-electron chi connectivity index (χ4n) is 3.30. The van der Waals surface area contributed by atoms with Gasteiger partial charge < -0.3 is 14.6 Å². The van der Waals surface area contributed by atoms with Crippen LogP contribution in [0.4, 0.5) is 5.69 Å². The lowest BCUT2D eigenvalue weighted by molar-refractivity contribution is -0.121. The average Bonchev–Trinajstić information content (AvgIpc) is 3.23. The largest absolute Gasteiger partial charge is 0.454 e. The number of pyridine rings is 1. The maximum absolute atomic E-state index is 12.9. The molecule has 0 radical (unpaired) electrons. The third-order valence-electron chi connectivity index (χ3n) is 4.66. The van der Waals surface area contributed by atoms with E-state index in [1.165, 1.54) is 6.39 Å². The highest BCUT2D eigenvalue weighted by atomic mass is 16.5. The summed E-state index contributed by atoms with van der Waals surface area (Å²) in [5.41, 5.74) is 0.645. The van der Waals surface area contributed by atoms with Crippen LogP contribution in [0.1, 0.15) is 18.7 Å². The number of nitrogens with zero attached hydrogens (tertiary/aromatic N) is 4. The molecule has 0 bridgehead atoms. The minimum Gasteiger partial charge on any atom is -0.454 e. The maximum atomic E-state index is 12.9. The maximum Gasteiger partial charge on any atom is 0.228 e. The fourth-order valence-corrected chi connectivity index (χ4v) is 3.30. The van der Waals surface area contributed by atoms with Gasteiger partial charge in [-0.05, 0) is 43.7 Å². The molecule has 1 N–H and O–H groups in total. The molecule has 1 unspecified atom stereocenters. The summed E-state index contributed by atoms with van der Waals surface area (Å²) < 4.78 is 10.7. The van der Waals surface area contributed by atoms with Crippen LogP contribution in [0.5, 0.6) is 11.5 Å². The van der Waals surface area contributed by atoms with Gasteiger partial charge in [0.25, 0.3) is 0 Å². The van der Waals surface area contributed by atoms with Gasteiger partial charge in [-0.15, -0.1) is 0 Å². The van der Waals surface area contributed by atoms with E-state index in [0.29, 0.717) is 36.1 Å². The van der Waals surface area contributed by atoms with Gasteiger partial charge in [0.05, 0.1) is 24.3 Å². The Hall–Kier alpha value is -3.26. The van der Waals surface area contributed by atoms with Crippen LogP contribution in [0.15, 0.2) is 59.7 Å². The van der Waals surface area contributed by atoms with Gasteiger partial charge in [0.1, 0.15) is 5.75 Å². The number of carbonyl (C=O) groups excluding carboxylic acids is 1. The zero-order chi connectivity index (χ0) is 19.2. The Kier molecular flexibility index (Phi) is 5.58. The Morgan fingerprint density at radius 2 is 2.21 bits per heavy atom. The summed E-state index contributed by atoms with van der Waals surface area (Å²) in [5.74, 6) is 1.72. The van der Waals surface area contributed by atoms with Crippen LogP contribution in [0.25, 0.3) is 0 Å². The van der Waals surface area contributed by atoms with Gasteiger partial charge in [-0.2, -0.15) is 4.98 Å². The van der Waals surface area contributed by atoms with Gasteiger partial charge in [0, 0.05) is 12.7 Å². The van der Waals surface area contributed by atoms with Crippen LogP contribution < -0.4 is 10.1 Å². The van der Waals surface area contributed by atoms with E-state index >= 15 is 0 Å². The number of hydrogen-bond acceptors (Lipinski definition) is 7. The SMILES string of the molecule is O=C(Nc1ccccc1Oc1cccnc1)C1CCCN(Cc2ncon2)C1. The number of benzene rings is 1. The molecular formula is C20H21N5O3. The lowest BCUT2D eigenvalue weighted by atomic mass is 9.97. The fraction of sp³-hybridized carbons (Fsp3) is 0.300. The molecule has 0 spiro atoms. The standard InChI is InChI=1S/C20H21N5O3/c26-20(15-5-4-10-25(12-15)13-19-22-14-27-24-19)23-17-7-1-2-8-18(17)28-16-6-3-9-21-11-16/h1-3,6-9,11,14-15H,4-5,10,12-13H2,(H,23,26). The summed E-state index contributed by atoms with van der Waals surface area (Å²) in [6, 6.07) is 11.0. The number of likely N-dealkylation sites (tertiary alicyclic amines) is 1. The number of carbonyl (C=O) groups is 1. The minimum atomic E-state index is -0.105. The highest BCUT2D eigenvalue weighted by Gasteiger charge is 2.27. The number of amides is 1. The summed E-state index contributed by atoms with van der Waals surface area (Å²) in [6.07, 6.45) is 6.44. The lowest BCUT2D eigenvalue weighted by Gasteiger charge is -2.31. The Labute approximate surface area is 162 Å². The third-order valence-corrected chi connectivity index (χ3v) is 4.66. The predicted molar refractivity (Wildman–Crippen MR) is 102 cm³/mol. The van der Waals surface area contributed by atoms with Crippen molar-refractivity contribution in [2.45, 2.75) is 19.4 Å². The number of rotatable bonds is 6. The summed E-state index contributed by atoms with van der Waals surface area (Å²) in [5, 5.41) is 6.87. The van der Waals surface area contributed by atoms with Crippen molar-refractivity contribution >= 4 is 11.6 Å². The van der Waals surface area contributed by atoms with E-state index in [-0.39, 0.29) is 11.8 Å². The van der Waals surface area contributed by atoms with E-state index in [4.69, 9.17) is 9.26 Å². The molecule has 1 aromatic carbocycles. The first-order chi connectivity index (χ1) is 13.8. The van der Waals surface area contributed by atoms with E-state index < -0.39 is 0 Å². The molecule has 1 amide bonds. The van der Waals surface area contributed by atoms with Crippen LogP contribution in [0.3, 0.4) is 0 Å². The van der Waals surface area contributed by atoms with Crippen molar-refractivity contribution in [2.24, 2.45) is 5.92 Å². The van der Waals surface area contributed by atoms with Crippen molar-refractivity contribution < 1.29 is 14.1 Å². The number of ether oxygens (including phenoxy) is 1. The first kappa shape index (κ1) is 18.1. The molecular weight excluding hydrogens is 358 g/mol. The van der Waals surface area contributed by atoms with Crippen molar-refractivity contribution in [3.63, 3.8) is 0 Å². The average molecular weight is 379 g/mol. The molecule has 144 valence electrons. The van der Waals surface area contributed by atoms with Crippen LogP contribution in [-0.4, -0.2) is 39.0 Å². The molecule has 1 aliphatic rings. The first-order valence-corrected chi connectivity index (χ1v) is 9.23. The van der Waals surface area contributed by atoms with Crippen LogP contribution >= 0.6 is 0 Å². The Morgan fingerprint density at radius 1 is 1.29 bits per heavy atom. The number of piperidine rings is 1. The molecule has 3 heterocycles. The third kappa shape index (κ3) is 4.52. The van der Waals surface area contributed by atoms with Gasteiger partial charge >= 0.3 is 0 Å². The molecule has 1 fully saturated rings. The Bertz CT molecular complexity index is 901. The molecule has 1 atom stereocenters. The van der Waals surface area contributed by atoms with Crippen molar-refractivity contribution in [3.05, 3.63) is 61.0 Å². The Morgan fingerprint density at radius 3 is 3.04 bits per heavy atom. The van der Waals surface area contributed by atoms with E-state index in [9.17, 15) is 4.79 Å². The van der Waals surface area contributed by atoms with Crippen molar-refractivity contribution in [3.8, 4) is 11.5 Å². The van der Waals surface area contributed by atoms with Crippen LogP contribution in [0, 0.1) is 5.92 Å². The number of hydrogen-bond donors (Lipinski definition) is 1. The molecule has 0 saturated carbocycles. The van der Waals surface area contributed by atoms with Gasteiger partial charge in [0.2, 0.25) is 12.3 Å². The Balaban J connectivity index is 1.40. The van der Waals surface area contributed by atoms with Crippen LogP contribution in [0.2, 0.25) is 0 Å². The lowest BCUT2D eigenvalue weighted by Crippen LogP contribution is -2.40. The zero-order valence-corrected chi connectivity index (χ0v) is 15.3. The van der Waals surface area contributed by atoms with Gasteiger partial charge in [-0.1, -0.05) is 17.3 Å². The van der Waals surface area contributed by atoms with E-state index in [1.807, 2.05) is 30.3 Å². The van der Waals surface area contributed by atoms with E-state index in [0.717, 1.165) is 19.4 Å². The molecule has 8 heteroatoms. The highest BCUT2D eigenvalue weighted by Crippen LogP contribution is 2.30. The molecule has 28 heavy (non-hydrogen) atoms. The first-order valence-electron chi connectivity index (χ1n) is 9.23. The molecule has 2 aromatic heterocycles. The monoisotopic (exact) mass is 379 g/mol. The zero-order valence-electron chi connectivity index (χ0n) is 15.3. The topological polar surface area (TPSA) is 93.4 Å². The number of anilines is 1. The van der Waals surface area contributed by atoms with Gasteiger partial charge in [-0.3, -0.25) is 14.7 Å². The van der Waals surface area contributed by atoms with Gasteiger partial charge in [-0.25, -0.2) is 0 Å². The molecule has 3 aromatic rings. The highest BCUT2D eigenvalue weighted by molar-refractivity contribution is 5.94. The summed E-state index contributed by atoms with van der Waals surface area (Å²) >= 11 is 0. The second-order valence-electron chi connectivity index (χ2n) is 6.70. The molecule has 0 aliphatic carbocycles. The van der Waals surface area contributed by atoms with Crippen molar-refractivity contribution in [1.29, 1.82) is 0 Å². The molecule has 8 nitrogen and oxygen atoms in total. The number of nitrogens with one attached hydrogen (secondary N) is 1. The second-order valence-corrected chi connectivity index (χ2v) is 6.70. The smallest absolute Gasteiger partial charge is 0.228 e. The predicted octanol–water partition coefficient (Wildman–Crippen LogP) is 3.11. The minimum absolute atomic E-state index is 0.0138. The normalized spacial score (nSPS) is 17.2. The number of aromatic nitrogens is 3. The van der Waals surface area contributed by atoms with E-state index in [2.05, 4.69) is 25.3 Å². The molecule has 1 aliphatic heterocycles. The molecule has 1 saturated heterocycles. The summed E-state index contributed by atoms with van der Waals surface area (Å²) in [4.78, 5) is 23.1. The van der Waals surface area contributed by atoms with Crippen LogP contribution in [-0.2, 0) is 11.3 Å². The van der Waals surface area contributed by atoms with E-state index in [1.54, 1.807) is 18.5 Å². The van der Waals surface area contributed by atoms with Crippen molar-refractivity contribution in [1.82, 2.24) is 20.0 Å². The summed E-state index contributed by atoms with van der Waals surface area (Å²) in [7, 11) is 0. The second kappa shape index (κ2) is 8.62. The summed E-state index contributed by atoms with van der Waals surface area (Å²) in [6.45, 7) is 2.16. The quantitative estimate of drug-likeness (QED) is 0.703. The van der Waals surface area contributed by atoms with Crippen molar-refractivity contribution in [2.75, 3.05) is 18.4 Å².